The van der Waals surface area contributed by atoms with Crippen LogP contribution >= 0.6 is 11.8 Å². The molecule has 0 saturated heterocycles. The molecular formula is C5H12N2OS. The normalized spacial score (nSPS) is 13.1. The van der Waals surface area contributed by atoms with E-state index < -0.39 is 0 Å². The van der Waals surface area contributed by atoms with Gasteiger partial charge < -0.3 is 10.8 Å². The smallest absolute Gasteiger partial charge is 0.151 e. The van der Waals surface area contributed by atoms with Crippen LogP contribution in [-0.2, 0) is 0 Å². The number of rotatable bonds is 3. The topological polar surface area (TPSA) is 70.1 Å². The fraction of sp³-hybridized carbons (Fsp3) is 0.800. The predicted octanol–water partition coefficient (Wildman–Crippen LogP) is 0.384. The number of nitrogens with two attached hydrogens (primary N) is 1. The van der Waals surface area contributed by atoms with Crippen molar-refractivity contribution in [3.63, 3.8) is 0 Å². The van der Waals surface area contributed by atoms with Gasteiger partial charge in [0.05, 0.1) is 6.10 Å². The Morgan fingerprint density at radius 2 is 2.44 bits per heavy atom. The van der Waals surface area contributed by atoms with Crippen molar-refractivity contribution in [2.75, 3.05) is 5.75 Å². The summed E-state index contributed by atoms with van der Waals surface area (Å²) in [6.45, 7) is 1.89. The van der Waals surface area contributed by atoms with Gasteiger partial charge in [0, 0.05) is 5.75 Å². The van der Waals surface area contributed by atoms with E-state index in [1.54, 1.807) is 0 Å². The Kier molecular flexibility index (Phi) is 4.53. The minimum Gasteiger partial charge on any atom is -0.392 e. The average molecular weight is 148 g/mol. The van der Waals surface area contributed by atoms with Gasteiger partial charge in [-0.1, -0.05) is 18.7 Å². The van der Waals surface area contributed by atoms with E-state index in [0.29, 0.717) is 5.75 Å². The number of hydrogen-bond acceptors (Lipinski definition) is 3. The van der Waals surface area contributed by atoms with Crippen molar-refractivity contribution in [1.82, 2.24) is 0 Å². The second kappa shape index (κ2) is 4.64. The summed E-state index contributed by atoms with van der Waals surface area (Å²) in [4.78, 5) is 0. The van der Waals surface area contributed by atoms with Crippen LogP contribution in [0.2, 0.25) is 0 Å². The van der Waals surface area contributed by atoms with Crippen LogP contribution in [-0.4, -0.2) is 22.1 Å². The maximum atomic E-state index is 8.93. The maximum absolute atomic E-state index is 8.93. The van der Waals surface area contributed by atoms with Crippen LogP contribution in [0.15, 0.2) is 0 Å². The fourth-order valence-corrected chi connectivity index (χ4v) is 0.911. The van der Waals surface area contributed by atoms with E-state index in [4.69, 9.17) is 16.2 Å². The van der Waals surface area contributed by atoms with Crippen molar-refractivity contribution in [2.45, 2.75) is 19.4 Å². The van der Waals surface area contributed by atoms with Gasteiger partial charge in [-0.3, -0.25) is 5.41 Å². The standard InChI is InChI=1S/C5H12N2OS/c1-2-4(8)3-9-5(6)7/h4,8H,2-3H2,1H3,(H3,6,7). The molecular weight excluding hydrogens is 136 g/mol. The van der Waals surface area contributed by atoms with Crippen LogP contribution in [0.4, 0.5) is 0 Å². The molecule has 0 radical (unpaired) electrons. The summed E-state index contributed by atoms with van der Waals surface area (Å²) in [5.74, 6) is 0.534. The molecule has 0 spiro atoms. The number of nitrogens with one attached hydrogen (secondary N) is 1. The number of aliphatic hydroxyl groups excluding tert-OH is 1. The summed E-state index contributed by atoms with van der Waals surface area (Å²) >= 11 is 1.18. The monoisotopic (exact) mass is 148 g/mol. The Balaban J connectivity index is 3.16. The molecule has 0 amide bonds. The molecule has 1 atom stereocenters. The highest BCUT2D eigenvalue weighted by molar-refractivity contribution is 8.13. The third kappa shape index (κ3) is 5.65. The Labute approximate surface area is 59.1 Å². The lowest BCUT2D eigenvalue weighted by Gasteiger charge is -2.03. The van der Waals surface area contributed by atoms with Gasteiger partial charge in [0.15, 0.2) is 5.17 Å². The Morgan fingerprint density at radius 3 is 2.78 bits per heavy atom. The summed E-state index contributed by atoms with van der Waals surface area (Å²) in [5, 5.41) is 15.8. The van der Waals surface area contributed by atoms with E-state index in [1.165, 1.54) is 11.8 Å². The van der Waals surface area contributed by atoms with Crippen LogP contribution < -0.4 is 5.73 Å². The molecule has 0 rings (SSSR count). The van der Waals surface area contributed by atoms with Gasteiger partial charge in [-0.25, -0.2) is 0 Å². The molecule has 0 heterocycles. The molecule has 0 aliphatic carbocycles. The van der Waals surface area contributed by atoms with Gasteiger partial charge in [0.25, 0.3) is 0 Å². The first-order valence-electron chi connectivity index (χ1n) is 2.81. The zero-order valence-corrected chi connectivity index (χ0v) is 6.24. The predicted molar refractivity (Wildman–Crippen MR) is 40.7 cm³/mol. The molecule has 0 aromatic carbocycles. The van der Waals surface area contributed by atoms with Crippen LogP contribution in [0.3, 0.4) is 0 Å². The van der Waals surface area contributed by atoms with Crippen molar-refractivity contribution >= 4 is 16.9 Å². The van der Waals surface area contributed by atoms with Crippen LogP contribution in [0, 0.1) is 5.41 Å². The lowest BCUT2D eigenvalue weighted by Crippen LogP contribution is -2.13. The number of aliphatic hydroxyl groups is 1. The second-order valence-electron chi connectivity index (χ2n) is 1.74. The first kappa shape index (κ1) is 8.78. The van der Waals surface area contributed by atoms with Crippen molar-refractivity contribution in [3.05, 3.63) is 0 Å². The lowest BCUT2D eigenvalue weighted by molar-refractivity contribution is 0.195. The van der Waals surface area contributed by atoms with Gasteiger partial charge in [-0.2, -0.15) is 0 Å². The van der Waals surface area contributed by atoms with E-state index in [9.17, 15) is 0 Å². The number of thioether (sulfide) groups is 1. The minimum atomic E-state index is -0.320. The van der Waals surface area contributed by atoms with Crippen molar-refractivity contribution < 1.29 is 5.11 Å². The summed E-state index contributed by atoms with van der Waals surface area (Å²) in [7, 11) is 0. The molecule has 0 fully saturated rings. The largest absolute Gasteiger partial charge is 0.392 e. The molecule has 0 aromatic heterocycles. The van der Waals surface area contributed by atoms with E-state index in [-0.39, 0.29) is 11.3 Å². The van der Waals surface area contributed by atoms with Gasteiger partial charge >= 0.3 is 0 Å². The van der Waals surface area contributed by atoms with Crippen molar-refractivity contribution in [2.24, 2.45) is 5.73 Å². The Bertz CT molecular complexity index is 97.0. The van der Waals surface area contributed by atoms with E-state index in [1.807, 2.05) is 6.92 Å². The second-order valence-corrected chi connectivity index (χ2v) is 2.80. The molecule has 0 bridgehead atoms. The zero-order chi connectivity index (χ0) is 7.28. The molecule has 0 aromatic rings. The van der Waals surface area contributed by atoms with Crippen molar-refractivity contribution in [1.29, 1.82) is 5.41 Å². The first-order chi connectivity index (χ1) is 4.16. The highest BCUT2D eigenvalue weighted by atomic mass is 32.2. The first-order valence-corrected chi connectivity index (χ1v) is 3.80. The van der Waals surface area contributed by atoms with E-state index in [2.05, 4.69) is 0 Å². The van der Waals surface area contributed by atoms with Crippen molar-refractivity contribution in [3.8, 4) is 0 Å². The summed E-state index contributed by atoms with van der Waals surface area (Å²) in [6.07, 6.45) is 0.402. The lowest BCUT2D eigenvalue weighted by atomic mass is 10.3. The Morgan fingerprint density at radius 1 is 1.89 bits per heavy atom. The molecule has 0 aliphatic rings. The SMILES string of the molecule is CCC(O)CSC(=N)N. The van der Waals surface area contributed by atoms with Gasteiger partial charge in [0.2, 0.25) is 0 Å². The van der Waals surface area contributed by atoms with Gasteiger partial charge in [-0.15, -0.1) is 0 Å². The third-order valence-electron chi connectivity index (χ3n) is 0.902. The van der Waals surface area contributed by atoms with E-state index in [0.717, 1.165) is 6.42 Å². The summed E-state index contributed by atoms with van der Waals surface area (Å²) in [5.41, 5.74) is 5.03. The molecule has 4 heteroatoms. The molecule has 0 aliphatic heterocycles. The van der Waals surface area contributed by atoms with E-state index >= 15 is 0 Å². The molecule has 3 nitrogen and oxygen atoms in total. The quantitative estimate of drug-likeness (QED) is 0.400. The Hall–Kier alpha value is -0.220. The zero-order valence-electron chi connectivity index (χ0n) is 5.42. The van der Waals surface area contributed by atoms with Gasteiger partial charge in [0.1, 0.15) is 0 Å². The highest BCUT2D eigenvalue weighted by Gasteiger charge is 2.00. The molecule has 0 saturated carbocycles. The maximum Gasteiger partial charge on any atom is 0.151 e. The molecule has 1 unspecified atom stereocenters. The molecule has 9 heavy (non-hydrogen) atoms. The van der Waals surface area contributed by atoms with Crippen LogP contribution in [0.1, 0.15) is 13.3 Å². The highest BCUT2D eigenvalue weighted by Crippen LogP contribution is 2.02. The number of hydrogen-bond donors (Lipinski definition) is 3. The fourth-order valence-electron chi connectivity index (χ4n) is 0.304. The third-order valence-corrected chi connectivity index (χ3v) is 1.76. The van der Waals surface area contributed by atoms with Crippen LogP contribution in [0.25, 0.3) is 0 Å². The van der Waals surface area contributed by atoms with Crippen LogP contribution in [0.5, 0.6) is 0 Å². The summed E-state index contributed by atoms with van der Waals surface area (Å²) < 4.78 is 0. The van der Waals surface area contributed by atoms with Gasteiger partial charge in [-0.05, 0) is 6.42 Å². The summed E-state index contributed by atoms with van der Waals surface area (Å²) in [6, 6.07) is 0. The molecule has 4 N–H and O–H groups in total. The molecule has 54 valence electrons. The minimum absolute atomic E-state index is 0.0718. The average Bonchev–Trinajstić information content (AvgIpc) is 1.83. The number of amidine groups is 1.